The third kappa shape index (κ3) is 5.39. The van der Waals surface area contributed by atoms with Crippen LogP contribution in [0.25, 0.3) is 0 Å². The second kappa shape index (κ2) is 12.1. The zero-order valence-corrected chi connectivity index (χ0v) is 26.3. The first-order valence-corrected chi connectivity index (χ1v) is 14.5. The first-order valence-electron chi connectivity index (χ1n) is 13.7. The minimum atomic E-state index is -5.80. The molecule has 0 amide bonds. The highest BCUT2D eigenvalue weighted by atomic mass is 32.2. The van der Waals surface area contributed by atoms with E-state index in [1.54, 1.807) is 0 Å². The van der Waals surface area contributed by atoms with Crippen molar-refractivity contribution < 1.29 is 70.4 Å². The molecule has 0 fully saturated rings. The number of hydrogen-bond acceptors (Lipinski definition) is 2. The van der Waals surface area contributed by atoms with E-state index >= 15 is 26.3 Å². The quantitative estimate of drug-likeness (QED) is 0.0966. The van der Waals surface area contributed by atoms with Crippen molar-refractivity contribution in [2.45, 2.75) is 52.6 Å². The molecule has 48 heavy (non-hydrogen) atoms. The first-order chi connectivity index (χ1) is 21.8. The number of rotatable bonds is 4. The molecule has 1 aliphatic rings. The van der Waals surface area contributed by atoms with E-state index in [1.807, 2.05) is 0 Å². The summed E-state index contributed by atoms with van der Waals surface area (Å²) in [6.07, 6.45) is 0. The van der Waals surface area contributed by atoms with Crippen molar-refractivity contribution in [3.05, 3.63) is 87.3 Å². The minimum absolute atomic E-state index is 0.152. The van der Waals surface area contributed by atoms with Crippen LogP contribution in [0.15, 0.2) is 0 Å². The predicted octanol–water partition coefficient (Wildman–Crippen LogP) is 6.75. The van der Waals surface area contributed by atoms with Gasteiger partial charge >= 0.3 is 0 Å². The van der Waals surface area contributed by atoms with Gasteiger partial charge in [-0.2, -0.15) is 0 Å². The van der Waals surface area contributed by atoms with E-state index in [0.717, 1.165) is 0 Å². The van der Waals surface area contributed by atoms with Gasteiger partial charge in [0.15, 0.2) is 57.8 Å². The average Bonchev–Trinajstić information content (AvgIpc) is 3.44. The van der Waals surface area contributed by atoms with Crippen LogP contribution in [0.2, 0.25) is 0 Å². The molecule has 0 saturated carbocycles. The van der Waals surface area contributed by atoms with Crippen LogP contribution in [0.3, 0.4) is 0 Å². The Hall–Kier alpha value is -3.51. The lowest BCUT2D eigenvalue weighted by Crippen LogP contribution is -2.72. The van der Waals surface area contributed by atoms with Crippen molar-refractivity contribution in [1.82, 2.24) is 4.90 Å². The molecule has 0 N–H and O–H groups in total. The van der Waals surface area contributed by atoms with E-state index < -0.39 is 137 Å². The fourth-order valence-electron chi connectivity index (χ4n) is 5.61. The van der Waals surface area contributed by atoms with Crippen LogP contribution in [-0.2, 0) is 0 Å². The van der Waals surface area contributed by atoms with Crippen molar-refractivity contribution in [3.8, 4) is 0 Å². The first kappa shape index (κ1) is 37.3. The second-order valence-corrected chi connectivity index (χ2v) is 14.1. The van der Waals surface area contributed by atoms with Crippen LogP contribution in [0.5, 0.6) is 0 Å². The van der Waals surface area contributed by atoms with Crippen molar-refractivity contribution in [2.75, 3.05) is 13.1 Å². The summed E-state index contributed by atoms with van der Waals surface area (Å²) >= 11 is -0.593. The van der Waals surface area contributed by atoms with Gasteiger partial charge in [-0.3, -0.25) is 9.48 Å². The highest BCUT2D eigenvalue weighted by Crippen LogP contribution is 2.37. The molecule has 0 atom stereocenters. The molecule has 0 aliphatic carbocycles. The van der Waals surface area contributed by atoms with Gasteiger partial charge in [0.2, 0.25) is 0 Å². The molecule has 262 valence electrons. The van der Waals surface area contributed by atoms with E-state index in [0.29, 0.717) is 0 Å². The summed E-state index contributed by atoms with van der Waals surface area (Å²) in [6, 6.07) is 0. The lowest BCUT2D eigenvalue weighted by atomic mass is 9.33. The zero-order chi connectivity index (χ0) is 36.7. The number of hydrogen-bond donors (Lipinski definition) is 0. The molecule has 1 heterocycles. The Balaban J connectivity index is 2.51. The second-order valence-electron chi connectivity index (χ2n) is 12.8. The van der Waals surface area contributed by atoms with E-state index in [-0.39, 0.29) is 13.1 Å². The molecule has 0 spiro atoms. The van der Waals surface area contributed by atoms with Gasteiger partial charge in [0.1, 0.15) is 48.0 Å². The summed E-state index contributed by atoms with van der Waals surface area (Å²) in [5.41, 5.74) is -16.1. The predicted molar refractivity (Wildman–Crippen MR) is 147 cm³/mol. The van der Waals surface area contributed by atoms with Crippen molar-refractivity contribution in [1.29, 1.82) is 0 Å². The normalized spacial score (nSPS) is 14.6. The fourth-order valence-corrected chi connectivity index (χ4v) is 7.89. The highest BCUT2D eigenvalue weighted by molar-refractivity contribution is 8.42. The Bertz CT molecular complexity index is 1640. The van der Waals surface area contributed by atoms with E-state index in [4.69, 9.17) is 0 Å². The lowest BCUT2D eigenvalue weighted by Gasteiger charge is -2.44. The molecule has 0 saturated heterocycles. The van der Waals surface area contributed by atoms with Crippen LogP contribution in [0.4, 0.5) is 65.9 Å². The molecule has 4 rings (SSSR count). The molecule has 0 radical (unpaired) electrons. The van der Waals surface area contributed by atoms with Crippen LogP contribution < -0.4 is 16.4 Å². The van der Waals surface area contributed by atoms with Gasteiger partial charge in [0, 0.05) is 0 Å². The summed E-state index contributed by atoms with van der Waals surface area (Å²) < 4.78 is 229. The standard InChI is InChI=1S/C29H22BF15N2S/c1-28(2,3)46-7-8-47(29(4,5)6)27(46)48-30(9-12(31)18(37)24(43)19(38)13(9)32,10-14(33)20(39)25(44)21(40)15(10)34)11-16(35)22(41)26(45)23(42)17(11)36/h7-8H2,1-6H3. The van der Waals surface area contributed by atoms with Gasteiger partial charge < -0.3 is 0 Å². The summed E-state index contributed by atoms with van der Waals surface area (Å²) in [5, 5.41) is -0.591. The minimum Gasteiger partial charge on any atom is -0.251 e. The Morgan fingerprint density at radius 3 is 0.938 bits per heavy atom. The van der Waals surface area contributed by atoms with E-state index in [1.165, 1.54) is 51.0 Å². The van der Waals surface area contributed by atoms with Gasteiger partial charge in [-0.1, -0.05) is 0 Å². The Morgan fingerprint density at radius 1 is 0.458 bits per heavy atom. The Morgan fingerprint density at radius 2 is 0.708 bits per heavy atom. The topological polar surface area (TPSA) is 6.25 Å². The van der Waals surface area contributed by atoms with Crippen LogP contribution in [-0.4, -0.2) is 44.2 Å². The highest BCUT2D eigenvalue weighted by Gasteiger charge is 2.53. The number of nitrogens with zero attached hydrogens (tertiary/aromatic N) is 2. The fraction of sp³-hybridized carbons (Fsp3) is 0.345. The molecular weight excluding hydrogens is 704 g/mol. The SMILES string of the molecule is CC(C)(C)N1CC[N+](C(C)(C)C)=C1S[B-](c1c(F)c(F)c(F)c(F)c1F)(c1c(F)c(F)c(F)c(F)c1F)c1c(F)c(F)c(F)c(F)c1F. The largest absolute Gasteiger partial charge is 0.269 e. The lowest BCUT2D eigenvalue weighted by molar-refractivity contribution is -0.586. The molecule has 19 heteroatoms. The summed E-state index contributed by atoms with van der Waals surface area (Å²) in [7, 11) is 0. The van der Waals surface area contributed by atoms with Gasteiger partial charge in [0.25, 0.3) is 5.17 Å². The molecule has 0 bridgehead atoms. The molecular formula is C29H22BF15N2S. The summed E-state index contributed by atoms with van der Waals surface area (Å²) in [5.74, 6) is -45.3. The molecule has 2 nitrogen and oxygen atoms in total. The van der Waals surface area contributed by atoms with Crippen molar-refractivity contribution in [3.63, 3.8) is 0 Å². The zero-order valence-electron chi connectivity index (χ0n) is 25.5. The number of benzene rings is 3. The average molecular weight is 726 g/mol. The van der Waals surface area contributed by atoms with Gasteiger partial charge in [-0.15, -0.1) is 16.4 Å². The smallest absolute Gasteiger partial charge is 0.251 e. The summed E-state index contributed by atoms with van der Waals surface area (Å²) in [6.45, 7) is 8.38. The van der Waals surface area contributed by atoms with Gasteiger partial charge in [-0.05, 0) is 41.5 Å². The van der Waals surface area contributed by atoms with Crippen molar-refractivity contribution >= 4 is 38.6 Å². The van der Waals surface area contributed by atoms with Gasteiger partial charge in [0.05, 0.1) is 11.1 Å². The molecule has 0 unspecified atom stereocenters. The molecule has 3 aromatic carbocycles. The maximum absolute atomic E-state index is 15.9. The third-order valence-electron chi connectivity index (χ3n) is 7.86. The Labute approximate surface area is 267 Å². The van der Waals surface area contributed by atoms with E-state index in [2.05, 4.69) is 0 Å². The molecule has 0 aromatic heterocycles. The Kier molecular flexibility index (Phi) is 9.42. The van der Waals surface area contributed by atoms with Crippen molar-refractivity contribution in [2.24, 2.45) is 0 Å². The molecule has 1 aliphatic heterocycles. The summed E-state index contributed by atoms with van der Waals surface area (Å²) in [4.78, 5) is 1.21. The maximum atomic E-state index is 15.9. The maximum Gasteiger partial charge on any atom is 0.269 e. The van der Waals surface area contributed by atoms with Gasteiger partial charge in [-0.25, -0.2) is 77.5 Å². The number of amidine groups is 1. The molecule has 3 aromatic rings. The van der Waals surface area contributed by atoms with Crippen LogP contribution in [0.1, 0.15) is 41.5 Å². The van der Waals surface area contributed by atoms with Crippen LogP contribution in [0, 0.1) is 87.3 Å². The van der Waals surface area contributed by atoms with E-state index in [9.17, 15) is 39.5 Å². The number of halogens is 15. The van der Waals surface area contributed by atoms with Crippen LogP contribution >= 0.6 is 11.6 Å². The monoisotopic (exact) mass is 726 g/mol. The third-order valence-corrected chi connectivity index (χ3v) is 9.57.